The van der Waals surface area contributed by atoms with E-state index in [0.29, 0.717) is 12.8 Å². The Morgan fingerprint density at radius 1 is 0.465 bits per heavy atom. The van der Waals surface area contributed by atoms with Crippen molar-refractivity contribution < 1.29 is 75.4 Å². The van der Waals surface area contributed by atoms with Gasteiger partial charge in [-0.15, -0.1) is 0 Å². The highest BCUT2D eigenvalue weighted by atomic mass is 19.4. The molecular weight excluding hydrogens is 629 g/mol. The van der Waals surface area contributed by atoms with Crippen LogP contribution in [-0.4, -0.2) is 47.9 Å². The number of unbranched alkanes of at least 4 members (excludes halogenated alkanes) is 14. The van der Waals surface area contributed by atoms with Gasteiger partial charge in [-0.1, -0.05) is 96.8 Å². The van der Waals surface area contributed by atoms with Crippen LogP contribution in [0.15, 0.2) is 0 Å². The van der Waals surface area contributed by atoms with Gasteiger partial charge in [0, 0.05) is 6.42 Å². The van der Waals surface area contributed by atoms with E-state index in [1.807, 2.05) is 0 Å². The van der Waals surface area contributed by atoms with E-state index in [1.165, 1.54) is 32.1 Å². The van der Waals surface area contributed by atoms with Gasteiger partial charge in [0.05, 0.1) is 0 Å². The molecule has 0 saturated heterocycles. The Balaban J connectivity index is 4.79. The fourth-order valence-electron chi connectivity index (χ4n) is 4.07. The number of esters is 1. The molecule has 43 heavy (non-hydrogen) atoms. The molecule has 0 N–H and O–H groups in total. The Bertz CT molecular complexity index is 811. The minimum Gasteiger partial charge on any atom is -0.396 e. The highest BCUT2D eigenvalue weighted by Crippen LogP contribution is 2.61. The highest BCUT2D eigenvalue weighted by molar-refractivity contribution is 5.69. The number of rotatable bonds is 23. The fourth-order valence-corrected chi connectivity index (χ4v) is 4.07. The first-order valence-electron chi connectivity index (χ1n) is 14.0. The molecule has 0 aliphatic rings. The predicted octanol–water partition coefficient (Wildman–Crippen LogP) is 11.5. The molecule has 0 saturated carbocycles. The van der Waals surface area contributed by atoms with E-state index in [1.54, 1.807) is 0 Å². The maximum absolute atomic E-state index is 13.8. The lowest BCUT2D eigenvalue weighted by Crippen LogP contribution is -2.71. The molecular formula is C26H37F15O2. The molecule has 0 aromatic carbocycles. The van der Waals surface area contributed by atoms with Crippen molar-refractivity contribution in [2.45, 2.75) is 158 Å². The Morgan fingerprint density at radius 3 is 1.14 bits per heavy atom. The first kappa shape index (κ1) is 41.4. The minimum atomic E-state index is -8.18. The monoisotopic (exact) mass is 666 g/mol. The lowest BCUT2D eigenvalue weighted by Gasteiger charge is -2.40. The normalized spacial score (nSPS) is 14.3. The standard InChI is InChI=1S/C26H37F15O2/c1-2-3-4-5-6-7-8-9-10-11-12-13-14-15-16-17-19(42)43-26(40,41)25(38,39)24(36,37)23(34,35)22(32,33)20(27,28)18-21(29,30)31/h2-18H2,1H3. The number of carbonyl (C=O) groups is 1. The molecule has 0 rings (SSSR count). The van der Waals surface area contributed by atoms with Gasteiger partial charge in [-0.05, 0) is 6.42 Å². The van der Waals surface area contributed by atoms with Crippen molar-refractivity contribution >= 4 is 5.97 Å². The van der Waals surface area contributed by atoms with E-state index in [-0.39, 0.29) is 12.8 Å². The largest absolute Gasteiger partial charge is 0.473 e. The summed E-state index contributed by atoms with van der Waals surface area (Å²) in [6.07, 6.45) is -5.66. The first-order chi connectivity index (χ1) is 19.4. The molecule has 0 atom stereocenters. The number of ether oxygens (including phenoxy) is 1. The van der Waals surface area contributed by atoms with Crippen LogP contribution in [0.3, 0.4) is 0 Å². The van der Waals surface area contributed by atoms with Crippen molar-refractivity contribution in [1.82, 2.24) is 0 Å². The van der Waals surface area contributed by atoms with Crippen LogP contribution >= 0.6 is 0 Å². The van der Waals surface area contributed by atoms with Crippen molar-refractivity contribution in [3.8, 4) is 0 Å². The number of hydrogen-bond donors (Lipinski definition) is 0. The second-order valence-corrected chi connectivity index (χ2v) is 10.5. The smallest absolute Gasteiger partial charge is 0.396 e. The minimum absolute atomic E-state index is 0.156. The highest BCUT2D eigenvalue weighted by Gasteiger charge is 2.91. The number of carbonyl (C=O) groups excluding carboxylic acids is 1. The van der Waals surface area contributed by atoms with Crippen LogP contribution in [0.1, 0.15) is 116 Å². The third-order valence-corrected chi connectivity index (χ3v) is 6.66. The molecule has 0 heterocycles. The third-order valence-electron chi connectivity index (χ3n) is 6.66. The van der Waals surface area contributed by atoms with E-state index in [2.05, 4.69) is 11.7 Å². The first-order valence-corrected chi connectivity index (χ1v) is 14.0. The zero-order valence-electron chi connectivity index (χ0n) is 23.5. The molecule has 0 aromatic rings. The fraction of sp³-hybridized carbons (Fsp3) is 0.962. The van der Waals surface area contributed by atoms with Crippen LogP contribution in [-0.2, 0) is 9.53 Å². The Labute approximate surface area is 240 Å². The van der Waals surface area contributed by atoms with Gasteiger partial charge in [-0.2, -0.15) is 65.9 Å². The van der Waals surface area contributed by atoms with Gasteiger partial charge in [0.15, 0.2) is 0 Å². The summed E-state index contributed by atoms with van der Waals surface area (Å²) < 4.78 is 202. The van der Waals surface area contributed by atoms with Crippen molar-refractivity contribution in [1.29, 1.82) is 0 Å². The van der Waals surface area contributed by atoms with Gasteiger partial charge in [-0.3, -0.25) is 4.79 Å². The number of hydrogen-bond acceptors (Lipinski definition) is 2. The Hall–Kier alpha value is -1.58. The Kier molecular flexibility index (Phi) is 16.0. The summed E-state index contributed by atoms with van der Waals surface area (Å²) in [5, 5.41) is 0. The van der Waals surface area contributed by atoms with E-state index in [4.69, 9.17) is 0 Å². The van der Waals surface area contributed by atoms with Crippen molar-refractivity contribution in [3.63, 3.8) is 0 Å². The van der Waals surface area contributed by atoms with E-state index >= 15 is 0 Å². The van der Waals surface area contributed by atoms with Crippen molar-refractivity contribution in [2.24, 2.45) is 0 Å². The molecule has 258 valence electrons. The van der Waals surface area contributed by atoms with E-state index in [0.717, 1.165) is 38.5 Å². The number of halogens is 15. The molecule has 0 radical (unpaired) electrons. The second kappa shape index (κ2) is 16.6. The molecule has 0 aliphatic heterocycles. The van der Waals surface area contributed by atoms with Crippen LogP contribution in [0.5, 0.6) is 0 Å². The van der Waals surface area contributed by atoms with Crippen LogP contribution in [0.25, 0.3) is 0 Å². The molecule has 0 bridgehead atoms. The second-order valence-electron chi connectivity index (χ2n) is 10.5. The molecule has 0 amide bonds. The summed E-state index contributed by atoms with van der Waals surface area (Å²) in [7, 11) is 0. The van der Waals surface area contributed by atoms with Gasteiger partial charge >= 0.3 is 47.9 Å². The molecule has 0 aliphatic carbocycles. The van der Waals surface area contributed by atoms with E-state index < -0.39 is 60.7 Å². The average molecular weight is 667 g/mol. The van der Waals surface area contributed by atoms with Gasteiger partial charge in [0.25, 0.3) is 0 Å². The number of alkyl halides is 15. The lowest BCUT2D eigenvalue weighted by atomic mass is 9.92. The maximum atomic E-state index is 13.8. The SMILES string of the molecule is CCCCCCCCCCCCCCCCCC(=O)OC(F)(F)C(F)(F)C(F)(F)C(F)(F)C(F)(F)C(F)(F)CC(F)(F)F. The van der Waals surface area contributed by atoms with Crippen LogP contribution < -0.4 is 0 Å². The van der Waals surface area contributed by atoms with E-state index in [9.17, 15) is 70.7 Å². The topological polar surface area (TPSA) is 26.3 Å². The lowest BCUT2D eigenvalue weighted by molar-refractivity contribution is -0.453. The zero-order chi connectivity index (χ0) is 33.8. The quantitative estimate of drug-likeness (QED) is 0.0616. The summed E-state index contributed by atoms with van der Waals surface area (Å²) in [4.78, 5) is 11.5. The summed E-state index contributed by atoms with van der Waals surface area (Å²) in [6.45, 7) is 2.13. The molecule has 17 heteroatoms. The molecule has 0 spiro atoms. The molecule has 0 aromatic heterocycles. The third kappa shape index (κ3) is 11.7. The summed E-state index contributed by atoms with van der Waals surface area (Å²) in [5.41, 5.74) is 0. The maximum Gasteiger partial charge on any atom is 0.473 e. The summed E-state index contributed by atoms with van der Waals surface area (Å²) in [5.74, 6) is -41.4. The molecule has 0 unspecified atom stereocenters. The summed E-state index contributed by atoms with van der Waals surface area (Å²) >= 11 is 0. The van der Waals surface area contributed by atoms with Crippen molar-refractivity contribution in [2.75, 3.05) is 0 Å². The van der Waals surface area contributed by atoms with Crippen LogP contribution in [0.4, 0.5) is 65.9 Å². The Morgan fingerprint density at radius 2 is 0.791 bits per heavy atom. The van der Waals surface area contributed by atoms with Gasteiger partial charge in [0.1, 0.15) is 6.42 Å². The van der Waals surface area contributed by atoms with Gasteiger partial charge in [0.2, 0.25) is 0 Å². The molecule has 2 nitrogen and oxygen atoms in total. The van der Waals surface area contributed by atoms with Gasteiger partial charge in [-0.25, -0.2) is 0 Å². The van der Waals surface area contributed by atoms with Crippen molar-refractivity contribution in [3.05, 3.63) is 0 Å². The summed E-state index contributed by atoms with van der Waals surface area (Å²) in [6, 6.07) is 0. The average Bonchev–Trinajstić information content (AvgIpc) is 2.84. The predicted molar refractivity (Wildman–Crippen MR) is 126 cm³/mol. The van der Waals surface area contributed by atoms with Crippen LogP contribution in [0, 0.1) is 0 Å². The molecule has 0 fully saturated rings. The van der Waals surface area contributed by atoms with Crippen LogP contribution in [0.2, 0.25) is 0 Å². The van der Waals surface area contributed by atoms with Gasteiger partial charge < -0.3 is 4.74 Å². The zero-order valence-corrected chi connectivity index (χ0v) is 23.5.